The second-order valence-corrected chi connectivity index (χ2v) is 4.01. The van der Waals surface area contributed by atoms with Gasteiger partial charge in [-0.2, -0.15) is 0 Å². The number of aromatic nitrogens is 1. The minimum Gasteiger partial charge on any atom is -0.495 e. The number of carbonyl (C=O) groups excluding carboxylic acids is 1. The number of carbonyl (C=O) groups is 1. The molecule has 0 atom stereocenters. The second kappa shape index (κ2) is 6.08. The van der Waals surface area contributed by atoms with E-state index < -0.39 is 18.1 Å². The van der Waals surface area contributed by atoms with Crippen molar-refractivity contribution in [2.45, 2.75) is 13.3 Å². The Balaban J connectivity index is 3.25. The lowest BCUT2D eigenvalue weighted by Crippen LogP contribution is -2.10. The van der Waals surface area contributed by atoms with Crippen molar-refractivity contribution in [3.05, 3.63) is 21.0 Å². The Morgan fingerprint density at radius 3 is 2.71 bits per heavy atom. The van der Waals surface area contributed by atoms with Crippen LogP contribution in [0.15, 0.2) is 6.07 Å². The van der Waals surface area contributed by atoms with Crippen LogP contribution in [0, 0.1) is 3.57 Å². The Morgan fingerprint density at radius 1 is 1.59 bits per heavy atom. The van der Waals surface area contributed by atoms with E-state index in [4.69, 9.17) is 9.47 Å². The lowest BCUT2D eigenvalue weighted by Gasteiger charge is -2.10. The van der Waals surface area contributed by atoms with Gasteiger partial charge >= 0.3 is 5.97 Å². The molecule has 0 saturated carbocycles. The number of methoxy groups -OCH3 is 1. The molecule has 4 nitrogen and oxygen atoms in total. The predicted molar refractivity (Wildman–Crippen MR) is 64.4 cm³/mol. The lowest BCUT2D eigenvalue weighted by molar-refractivity contribution is 0.0517. The lowest BCUT2D eigenvalue weighted by atomic mass is 10.3. The zero-order valence-electron chi connectivity index (χ0n) is 9.17. The van der Waals surface area contributed by atoms with E-state index in [-0.39, 0.29) is 21.6 Å². The quantitative estimate of drug-likeness (QED) is 0.614. The maximum Gasteiger partial charge on any atom is 0.357 e. The van der Waals surface area contributed by atoms with E-state index in [1.807, 2.05) is 0 Å². The molecule has 0 N–H and O–H groups in total. The molecule has 0 aliphatic carbocycles. The molecule has 1 aromatic rings. The molecule has 0 unspecified atom stereocenters. The molecule has 0 saturated heterocycles. The summed E-state index contributed by atoms with van der Waals surface area (Å²) in [5.74, 6) is -0.567. The van der Waals surface area contributed by atoms with Crippen LogP contribution in [0.5, 0.6) is 5.75 Å². The number of hydrogen-bond acceptors (Lipinski definition) is 4. The molecule has 1 rings (SSSR count). The molecule has 7 heteroatoms. The maximum atomic E-state index is 12.7. The summed E-state index contributed by atoms with van der Waals surface area (Å²) in [6.45, 7) is 1.77. The van der Waals surface area contributed by atoms with Crippen LogP contribution in [0.3, 0.4) is 0 Å². The zero-order chi connectivity index (χ0) is 13.0. The van der Waals surface area contributed by atoms with Crippen molar-refractivity contribution < 1.29 is 23.0 Å². The number of ether oxygens (including phenoxy) is 2. The van der Waals surface area contributed by atoms with Crippen LogP contribution in [-0.2, 0) is 4.74 Å². The van der Waals surface area contributed by atoms with E-state index in [1.54, 1.807) is 29.5 Å². The predicted octanol–water partition coefficient (Wildman–Crippen LogP) is 2.81. The van der Waals surface area contributed by atoms with Gasteiger partial charge in [-0.1, -0.05) is 0 Å². The summed E-state index contributed by atoms with van der Waals surface area (Å²) in [6.07, 6.45) is -2.77. The van der Waals surface area contributed by atoms with Crippen molar-refractivity contribution in [3.63, 3.8) is 0 Å². The first-order valence-electron chi connectivity index (χ1n) is 4.71. The Morgan fingerprint density at radius 2 is 2.24 bits per heavy atom. The smallest absolute Gasteiger partial charge is 0.357 e. The summed E-state index contributed by atoms with van der Waals surface area (Å²) in [7, 11) is 1.33. The van der Waals surface area contributed by atoms with Gasteiger partial charge in [0.15, 0.2) is 5.69 Å². The van der Waals surface area contributed by atoms with E-state index >= 15 is 0 Å². The van der Waals surface area contributed by atoms with E-state index in [0.29, 0.717) is 0 Å². The van der Waals surface area contributed by atoms with Gasteiger partial charge < -0.3 is 9.47 Å². The Bertz CT molecular complexity index is 426. The summed E-state index contributed by atoms with van der Waals surface area (Å²) >= 11 is 1.70. The van der Waals surface area contributed by atoms with Crippen molar-refractivity contribution in [2.75, 3.05) is 13.7 Å². The van der Waals surface area contributed by atoms with Gasteiger partial charge in [0, 0.05) is 6.07 Å². The Kier molecular flexibility index (Phi) is 5.03. The first-order chi connectivity index (χ1) is 8.01. The minimum absolute atomic E-state index is 0.152. The van der Waals surface area contributed by atoms with E-state index in [9.17, 15) is 13.6 Å². The highest BCUT2D eigenvalue weighted by molar-refractivity contribution is 14.1. The fraction of sp³-hybridized carbons (Fsp3) is 0.400. The molecule has 0 fully saturated rings. The van der Waals surface area contributed by atoms with Crippen molar-refractivity contribution in [3.8, 4) is 5.75 Å². The van der Waals surface area contributed by atoms with Crippen molar-refractivity contribution in [2.24, 2.45) is 0 Å². The summed E-state index contributed by atoms with van der Waals surface area (Å²) in [6, 6.07) is 1.28. The number of rotatable bonds is 4. The summed E-state index contributed by atoms with van der Waals surface area (Å²) in [5.41, 5.74) is -0.660. The van der Waals surface area contributed by atoms with Gasteiger partial charge in [0.25, 0.3) is 6.43 Å². The van der Waals surface area contributed by atoms with Crippen LogP contribution < -0.4 is 4.74 Å². The molecule has 0 aliphatic rings. The van der Waals surface area contributed by atoms with E-state index in [0.717, 1.165) is 0 Å². The summed E-state index contributed by atoms with van der Waals surface area (Å²) in [5, 5.41) is 0. The number of halogens is 3. The highest BCUT2D eigenvalue weighted by Gasteiger charge is 2.21. The molecule has 94 valence electrons. The monoisotopic (exact) mass is 357 g/mol. The number of nitrogens with zero attached hydrogens (tertiary/aromatic N) is 1. The normalized spacial score (nSPS) is 10.5. The molecule has 0 aromatic carbocycles. The van der Waals surface area contributed by atoms with Gasteiger partial charge in [0.05, 0.1) is 17.3 Å². The average molecular weight is 357 g/mol. The SMILES string of the molecule is CCOC(=O)c1cc(OC)c(I)c(C(F)F)n1. The number of pyridine rings is 1. The fourth-order valence-corrected chi connectivity index (χ4v) is 1.86. The molecule has 1 heterocycles. The van der Waals surface area contributed by atoms with Crippen molar-refractivity contribution in [1.82, 2.24) is 4.98 Å². The van der Waals surface area contributed by atoms with E-state index in [2.05, 4.69) is 4.98 Å². The van der Waals surface area contributed by atoms with Crippen molar-refractivity contribution in [1.29, 1.82) is 0 Å². The Hall–Kier alpha value is -0.990. The maximum absolute atomic E-state index is 12.7. The number of alkyl halides is 2. The highest BCUT2D eigenvalue weighted by atomic mass is 127. The van der Waals surface area contributed by atoms with Gasteiger partial charge in [-0.3, -0.25) is 0 Å². The van der Waals surface area contributed by atoms with Gasteiger partial charge in [-0.15, -0.1) is 0 Å². The van der Waals surface area contributed by atoms with Crippen LogP contribution in [0.1, 0.15) is 29.5 Å². The van der Waals surface area contributed by atoms with Gasteiger partial charge in [0.1, 0.15) is 11.4 Å². The van der Waals surface area contributed by atoms with Crippen LogP contribution in [0.25, 0.3) is 0 Å². The Labute approximate surface area is 110 Å². The average Bonchev–Trinajstić information content (AvgIpc) is 2.29. The minimum atomic E-state index is -2.77. The molecule has 0 bridgehead atoms. The van der Waals surface area contributed by atoms with Gasteiger partial charge in [-0.25, -0.2) is 18.6 Å². The molecular formula is C10H10F2INO3. The molecular weight excluding hydrogens is 347 g/mol. The standard InChI is InChI=1S/C10H10F2INO3/c1-3-17-10(15)5-4-6(16-2)7(13)8(14-5)9(11)12/h4,9H,3H2,1-2H3. The molecule has 1 aromatic heterocycles. The molecule has 17 heavy (non-hydrogen) atoms. The fourth-order valence-electron chi connectivity index (χ4n) is 1.13. The summed E-state index contributed by atoms with van der Waals surface area (Å²) < 4.78 is 35.2. The zero-order valence-corrected chi connectivity index (χ0v) is 11.3. The van der Waals surface area contributed by atoms with Gasteiger partial charge in [-0.05, 0) is 29.5 Å². The highest BCUT2D eigenvalue weighted by Crippen LogP contribution is 2.30. The summed E-state index contributed by atoms with van der Waals surface area (Å²) in [4.78, 5) is 15.0. The van der Waals surface area contributed by atoms with Crippen molar-refractivity contribution >= 4 is 28.6 Å². The number of esters is 1. The van der Waals surface area contributed by atoms with Crippen LogP contribution in [0.4, 0.5) is 8.78 Å². The first kappa shape index (κ1) is 14.1. The van der Waals surface area contributed by atoms with E-state index in [1.165, 1.54) is 13.2 Å². The third-order valence-corrected chi connectivity index (χ3v) is 2.95. The third kappa shape index (κ3) is 3.24. The topological polar surface area (TPSA) is 48.4 Å². The molecule has 0 spiro atoms. The first-order valence-corrected chi connectivity index (χ1v) is 5.78. The molecule has 0 aliphatic heterocycles. The molecule has 0 amide bonds. The van der Waals surface area contributed by atoms with Crippen LogP contribution in [0.2, 0.25) is 0 Å². The van der Waals surface area contributed by atoms with Gasteiger partial charge in [0.2, 0.25) is 0 Å². The third-order valence-electron chi connectivity index (χ3n) is 1.86. The second-order valence-electron chi connectivity index (χ2n) is 2.93. The van der Waals surface area contributed by atoms with Crippen LogP contribution in [-0.4, -0.2) is 24.7 Å². The largest absolute Gasteiger partial charge is 0.495 e. The molecule has 0 radical (unpaired) electrons. The number of hydrogen-bond donors (Lipinski definition) is 0. The van der Waals surface area contributed by atoms with Crippen LogP contribution >= 0.6 is 22.6 Å².